The first-order chi connectivity index (χ1) is 7.86. The van der Waals surface area contributed by atoms with E-state index >= 15 is 0 Å². The summed E-state index contributed by atoms with van der Waals surface area (Å²) in [5.41, 5.74) is 0. The number of nitrogens with zero attached hydrogens (tertiary/aromatic N) is 2. The number of nitrogens with one attached hydrogen (secondary N) is 2. The second-order valence-corrected chi connectivity index (χ2v) is 4.35. The van der Waals surface area contributed by atoms with Crippen molar-refractivity contribution in [2.45, 2.75) is 51.0 Å². The zero-order chi connectivity index (χ0) is 11.2. The first-order valence-corrected chi connectivity index (χ1v) is 6.02. The number of carbonyl (C=O) groups is 1. The lowest BCUT2D eigenvalue weighted by atomic mass is 9.97. The summed E-state index contributed by atoms with van der Waals surface area (Å²) in [7, 11) is 0. The number of amides is 1. The third-order valence-electron chi connectivity index (χ3n) is 3.07. The number of hydrogen-bond acceptors (Lipinski definition) is 3. The summed E-state index contributed by atoms with van der Waals surface area (Å²) in [5.74, 6) is 0.171. The summed E-state index contributed by atoms with van der Waals surface area (Å²) in [5, 5.41) is 9.27. The van der Waals surface area contributed by atoms with E-state index in [0.29, 0.717) is 11.9 Å². The maximum absolute atomic E-state index is 11.7. The van der Waals surface area contributed by atoms with Crippen LogP contribution in [-0.4, -0.2) is 27.1 Å². The van der Waals surface area contributed by atoms with Gasteiger partial charge in [0.25, 0.3) is 5.91 Å². The lowest BCUT2D eigenvalue weighted by Crippen LogP contribution is -2.35. The van der Waals surface area contributed by atoms with Crippen molar-refractivity contribution in [2.24, 2.45) is 0 Å². The normalized spacial score (nSPS) is 18.8. The first-order valence-electron chi connectivity index (χ1n) is 6.02. The van der Waals surface area contributed by atoms with Crippen LogP contribution in [0.1, 0.15) is 55.6 Å². The van der Waals surface area contributed by atoms with E-state index in [4.69, 9.17) is 0 Å². The van der Waals surface area contributed by atoms with Crippen molar-refractivity contribution in [1.29, 1.82) is 0 Å². The molecular weight excluding hydrogens is 204 g/mol. The van der Waals surface area contributed by atoms with Gasteiger partial charge in [0, 0.05) is 6.04 Å². The predicted molar refractivity (Wildman–Crippen MR) is 60.0 cm³/mol. The molecule has 0 atom stereocenters. The Bertz CT molecular complexity index is 315. The Balaban J connectivity index is 1.85. The summed E-state index contributed by atoms with van der Waals surface area (Å²) < 4.78 is 0. The average molecular weight is 222 g/mol. The molecular formula is C11H18N4O. The van der Waals surface area contributed by atoms with Gasteiger partial charge in [-0.3, -0.25) is 9.89 Å². The molecule has 0 radical (unpaired) electrons. The van der Waals surface area contributed by atoms with Crippen molar-refractivity contribution < 1.29 is 4.79 Å². The third kappa shape index (κ3) is 3.05. The number of carbonyl (C=O) groups excluding carboxylic acids is 1. The summed E-state index contributed by atoms with van der Waals surface area (Å²) in [4.78, 5) is 15.6. The fraction of sp³-hybridized carbons (Fsp3) is 0.727. The van der Waals surface area contributed by atoms with E-state index in [-0.39, 0.29) is 5.91 Å². The molecule has 1 aromatic rings. The highest BCUT2D eigenvalue weighted by atomic mass is 16.2. The minimum Gasteiger partial charge on any atom is -0.347 e. The Kier molecular flexibility index (Phi) is 3.91. The van der Waals surface area contributed by atoms with Crippen molar-refractivity contribution in [3.63, 3.8) is 0 Å². The largest absolute Gasteiger partial charge is 0.347 e. The molecule has 0 spiro atoms. The second kappa shape index (κ2) is 5.63. The van der Waals surface area contributed by atoms with Crippen molar-refractivity contribution in [2.75, 3.05) is 0 Å². The predicted octanol–water partition coefficient (Wildman–Crippen LogP) is 1.65. The van der Waals surface area contributed by atoms with Gasteiger partial charge in [-0.1, -0.05) is 32.1 Å². The Morgan fingerprint density at radius 2 is 1.94 bits per heavy atom. The second-order valence-electron chi connectivity index (χ2n) is 4.35. The fourth-order valence-corrected chi connectivity index (χ4v) is 2.17. The molecule has 0 aromatic carbocycles. The van der Waals surface area contributed by atoms with Crippen molar-refractivity contribution in [1.82, 2.24) is 20.5 Å². The lowest BCUT2D eigenvalue weighted by molar-refractivity contribution is 0.0920. The third-order valence-corrected chi connectivity index (χ3v) is 3.07. The maximum Gasteiger partial charge on any atom is 0.288 e. The zero-order valence-corrected chi connectivity index (χ0v) is 9.41. The molecule has 1 amide bonds. The van der Waals surface area contributed by atoms with E-state index in [1.165, 1.54) is 38.4 Å². The number of hydrogen-bond donors (Lipinski definition) is 2. The minimum atomic E-state index is -0.136. The summed E-state index contributed by atoms with van der Waals surface area (Å²) in [6.07, 6.45) is 9.85. The van der Waals surface area contributed by atoms with Gasteiger partial charge < -0.3 is 5.32 Å². The van der Waals surface area contributed by atoms with E-state index in [1.807, 2.05) is 0 Å². The van der Waals surface area contributed by atoms with Crippen LogP contribution in [0.25, 0.3) is 0 Å². The molecule has 2 N–H and O–H groups in total. The minimum absolute atomic E-state index is 0.136. The molecule has 0 unspecified atom stereocenters. The molecule has 1 aliphatic rings. The fourth-order valence-electron chi connectivity index (χ4n) is 2.17. The van der Waals surface area contributed by atoms with Crippen LogP contribution in [0.4, 0.5) is 0 Å². The SMILES string of the molecule is O=C(NC1CCCCCCC1)c1ncn[nH]1. The highest BCUT2D eigenvalue weighted by Gasteiger charge is 2.16. The zero-order valence-electron chi connectivity index (χ0n) is 9.41. The van der Waals surface area contributed by atoms with Crippen LogP contribution in [0.15, 0.2) is 6.33 Å². The Morgan fingerprint density at radius 1 is 1.25 bits per heavy atom. The van der Waals surface area contributed by atoms with E-state index in [2.05, 4.69) is 20.5 Å². The smallest absolute Gasteiger partial charge is 0.288 e. The van der Waals surface area contributed by atoms with Gasteiger partial charge >= 0.3 is 0 Å². The standard InChI is InChI=1S/C11H18N4O/c16-11(10-12-8-13-15-10)14-9-6-4-2-1-3-5-7-9/h8-9H,1-7H2,(H,14,16)(H,12,13,15). The van der Waals surface area contributed by atoms with Crippen LogP contribution in [0.2, 0.25) is 0 Å². The highest BCUT2D eigenvalue weighted by Crippen LogP contribution is 2.17. The van der Waals surface area contributed by atoms with Crippen LogP contribution in [0, 0.1) is 0 Å². The number of aromatic nitrogens is 3. The van der Waals surface area contributed by atoms with Gasteiger partial charge in [0.05, 0.1) is 0 Å². The number of aromatic amines is 1. The molecule has 0 bridgehead atoms. The molecule has 5 heteroatoms. The monoisotopic (exact) mass is 222 g/mol. The molecule has 1 heterocycles. The van der Waals surface area contributed by atoms with Crippen LogP contribution in [0.3, 0.4) is 0 Å². The molecule has 1 aromatic heterocycles. The van der Waals surface area contributed by atoms with Crippen LogP contribution in [0.5, 0.6) is 0 Å². The van der Waals surface area contributed by atoms with Gasteiger partial charge in [-0.15, -0.1) is 0 Å². The van der Waals surface area contributed by atoms with Crippen molar-refractivity contribution in [3.05, 3.63) is 12.2 Å². The van der Waals surface area contributed by atoms with Crippen molar-refractivity contribution in [3.8, 4) is 0 Å². The summed E-state index contributed by atoms with van der Waals surface area (Å²) in [6.45, 7) is 0. The van der Waals surface area contributed by atoms with Crippen molar-refractivity contribution >= 4 is 5.91 Å². The average Bonchev–Trinajstić information content (AvgIpc) is 2.74. The molecule has 88 valence electrons. The van der Waals surface area contributed by atoms with Gasteiger partial charge in [0.15, 0.2) is 0 Å². The van der Waals surface area contributed by atoms with E-state index in [0.717, 1.165) is 12.8 Å². The number of rotatable bonds is 2. The van der Waals surface area contributed by atoms with Gasteiger partial charge in [0.1, 0.15) is 6.33 Å². The maximum atomic E-state index is 11.7. The molecule has 5 nitrogen and oxygen atoms in total. The van der Waals surface area contributed by atoms with E-state index in [1.54, 1.807) is 0 Å². The van der Waals surface area contributed by atoms with Crippen LogP contribution >= 0.6 is 0 Å². The Hall–Kier alpha value is -1.39. The van der Waals surface area contributed by atoms with Gasteiger partial charge in [-0.25, -0.2) is 4.98 Å². The lowest BCUT2D eigenvalue weighted by Gasteiger charge is -2.20. The van der Waals surface area contributed by atoms with Gasteiger partial charge in [-0.2, -0.15) is 5.10 Å². The quantitative estimate of drug-likeness (QED) is 0.799. The van der Waals surface area contributed by atoms with E-state index in [9.17, 15) is 4.79 Å². The van der Waals surface area contributed by atoms with E-state index < -0.39 is 0 Å². The van der Waals surface area contributed by atoms with Gasteiger partial charge in [0.2, 0.25) is 5.82 Å². The summed E-state index contributed by atoms with van der Waals surface area (Å²) >= 11 is 0. The first kappa shape index (κ1) is 11.1. The van der Waals surface area contributed by atoms with Crippen LogP contribution < -0.4 is 5.32 Å². The molecule has 1 aliphatic carbocycles. The molecule has 0 saturated heterocycles. The highest BCUT2D eigenvalue weighted by molar-refractivity contribution is 5.90. The molecule has 1 fully saturated rings. The van der Waals surface area contributed by atoms with Crippen LogP contribution in [-0.2, 0) is 0 Å². The summed E-state index contributed by atoms with van der Waals surface area (Å²) in [6, 6.07) is 0.304. The molecule has 16 heavy (non-hydrogen) atoms. The number of H-pyrrole nitrogens is 1. The molecule has 0 aliphatic heterocycles. The van der Waals surface area contributed by atoms with Gasteiger partial charge in [-0.05, 0) is 12.8 Å². The molecule has 1 saturated carbocycles. The topological polar surface area (TPSA) is 70.7 Å². The molecule has 2 rings (SSSR count). The Morgan fingerprint density at radius 3 is 2.56 bits per heavy atom. The Labute approximate surface area is 95.0 Å².